The molecule has 0 spiro atoms. The van der Waals surface area contributed by atoms with E-state index in [9.17, 15) is 4.79 Å². The SMILES string of the molecule is CC(C)C(=O)NCC(c1ccccc1Cl)N1CCCC1. The molecule has 0 bridgehead atoms. The summed E-state index contributed by atoms with van der Waals surface area (Å²) in [6.45, 7) is 6.60. The van der Waals surface area contributed by atoms with Crippen LogP contribution in [-0.2, 0) is 4.79 Å². The standard InChI is InChI=1S/C16H23ClN2O/c1-12(2)16(20)18-11-15(19-9-5-6-10-19)13-7-3-4-8-14(13)17/h3-4,7-8,12,15H,5-6,9-11H2,1-2H3,(H,18,20). The molecular formula is C16H23ClN2O. The van der Waals surface area contributed by atoms with Crippen molar-refractivity contribution in [3.05, 3.63) is 34.9 Å². The Morgan fingerprint density at radius 2 is 1.95 bits per heavy atom. The molecule has 110 valence electrons. The number of halogens is 1. The third-order valence-electron chi connectivity index (χ3n) is 3.84. The molecule has 1 unspecified atom stereocenters. The maximum absolute atomic E-state index is 11.8. The lowest BCUT2D eigenvalue weighted by atomic mass is 10.0. The third-order valence-corrected chi connectivity index (χ3v) is 4.18. The van der Waals surface area contributed by atoms with Gasteiger partial charge in [-0.15, -0.1) is 0 Å². The van der Waals surface area contributed by atoms with Crippen molar-refractivity contribution in [1.29, 1.82) is 0 Å². The van der Waals surface area contributed by atoms with Crippen LogP contribution in [0.3, 0.4) is 0 Å². The molecule has 1 saturated heterocycles. The zero-order valence-electron chi connectivity index (χ0n) is 12.2. The maximum Gasteiger partial charge on any atom is 0.222 e. The van der Waals surface area contributed by atoms with E-state index in [4.69, 9.17) is 11.6 Å². The summed E-state index contributed by atoms with van der Waals surface area (Å²) in [7, 11) is 0. The average Bonchev–Trinajstić information content (AvgIpc) is 2.94. The fourth-order valence-electron chi connectivity index (χ4n) is 2.64. The van der Waals surface area contributed by atoms with Crippen molar-refractivity contribution in [2.75, 3.05) is 19.6 Å². The predicted molar refractivity (Wildman–Crippen MR) is 82.8 cm³/mol. The van der Waals surface area contributed by atoms with E-state index in [2.05, 4.69) is 16.3 Å². The highest BCUT2D eigenvalue weighted by Crippen LogP contribution is 2.29. The minimum absolute atomic E-state index is 0.0143. The fourth-order valence-corrected chi connectivity index (χ4v) is 2.90. The van der Waals surface area contributed by atoms with Gasteiger partial charge in [0.15, 0.2) is 0 Å². The van der Waals surface area contributed by atoms with Crippen LogP contribution < -0.4 is 5.32 Å². The Hall–Kier alpha value is -1.06. The van der Waals surface area contributed by atoms with E-state index in [-0.39, 0.29) is 17.9 Å². The number of benzene rings is 1. The van der Waals surface area contributed by atoms with Gasteiger partial charge in [-0.3, -0.25) is 9.69 Å². The van der Waals surface area contributed by atoms with Crippen LogP contribution in [0.5, 0.6) is 0 Å². The molecular weight excluding hydrogens is 272 g/mol. The Morgan fingerprint density at radius 3 is 2.55 bits per heavy atom. The van der Waals surface area contributed by atoms with E-state index in [1.165, 1.54) is 12.8 Å². The molecule has 0 radical (unpaired) electrons. The first-order valence-corrected chi connectivity index (χ1v) is 7.73. The predicted octanol–water partition coefficient (Wildman–Crippen LogP) is 3.25. The topological polar surface area (TPSA) is 32.3 Å². The van der Waals surface area contributed by atoms with Crippen LogP contribution in [0, 0.1) is 5.92 Å². The smallest absolute Gasteiger partial charge is 0.222 e. The number of likely N-dealkylation sites (tertiary alicyclic amines) is 1. The molecule has 1 aliphatic rings. The number of carbonyl (C=O) groups is 1. The van der Waals surface area contributed by atoms with Gasteiger partial charge in [-0.1, -0.05) is 43.6 Å². The molecule has 2 rings (SSSR count). The summed E-state index contributed by atoms with van der Waals surface area (Å²) in [6, 6.07) is 8.11. The van der Waals surface area contributed by atoms with Crippen LogP contribution in [0.25, 0.3) is 0 Å². The van der Waals surface area contributed by atoms with Crippen molar-refractivity contribution < 1.29 is 4.79 Å². The number of hydrogen-bond donors (Lipinski definition) is 1. The zero-order chi connectivity index (χ0) is 14.5. The van der Waals surface area contributed by atoms with Crippen LogP contribution in [0.15, 0.2) is 24.3 Å². The number of amides is 1. The molecule has 1 aromatic carbocycles. The van der Waals surface area contributed by atoms with Gasteiger partial charge in [0, 0.05) is 17.5 Å². The van der Waals surface area contributed by atoms with Crippen molar-refractivity contribution in [1.82, 2.24) is 10.2 Å². The van der Waals surface area contributed by atoms with Crippen LogP contribution >= 0.6 is 11.6 Å². The van der Waals surface area contributed by atoms with Crippen molar-refractivity contribution >= 4 is 17.5 Å². The molecule has 3 nitrogen and oxygen atoms in total. The molecule has 20 heavy (non-hydrogen) atoms. The van der Waals surface area contributed by atoms with Gasteiger partial charge in [-0.2, -0.15) is 0 Å². The molecule has 1 atom stereocenters. The molecule has 1 amide bonds. The average molecular weight is 295 g/mol. The molecule has 1 N–H and O–H groups in total. The second kappa shape index (κ2) is 7.09. The normalized spacial score (nSPS) is 17.4. The van der Waals surface area contributed by atoms with Crippen LogP contribution in [-0.4, -0.2) is 30.4 Å². The van der Waals surface area contributed by atoms with Crippen molar-refractivity contribution in [2.24, 2.45) is 5.92 Å². The summed E-state index contributed by atoms with van der Waals surface area (Å²) in [5.41, 5.74) is 1.11. The minimum atomic E-state index is 0.0143. The molecule has 1 heterocycles. The van der Waals surface area contributed by atoms with Crippen LogP contribution in [0.1, 0.15) is 38.3 Å². The van der Waals surface area contributed by atoms with Crippen molar-refractivity contribution in [2.45, 2.75) is 32.7 Å². The molecule has 0 aliphatic carbocycles. The molecule has 4 heteroatoms. The second-order valence-corrected chi connectivity index (χ2v) is 6.09. The Morgan fingerprint density at radius 1 is 1.30 bits per heavy atom. The second-order valence-electron chi connectivity index (χ2n) is 5.68. The maximum atomic E-state index is 11.8. The van der Waals surface area contributed by atoms with Gasteiger partial charge in [-0.25, -0.2) is 0 Å². The van der Waals surface area contributed by atoms with E-state index in [1.807, 2.05) is 32.0 Å². The monoisotopic (exact) mass is 294 g/mol. The lowest BCUT2D eigenvalue weighted by Gasteiger charge is -2.29. The van der Waals surface area contributed by atoms with E-state index in [1.54, 1.807) is 0 Å². The lowest BCUT2D eigenvalue weighted by Crippen LogP contribution is -2.38. The summed E-state index contributed by atoms with van der Waals surface area (Å²) >= 11 is 6.34. The van der Waals surface area contributed by atoms with Gasteiger partial charge in [-0.05, 0) is 37.6 Å². The fraction of sp³-hybridized carbons (Fsp3) is 0.562. The largest absolute Gasteiger partial charge is 0.354 e. The number of hydrogen-bond acceptors (Lipinski definition) is 2. The third kappa shape index (κ3) is 3.74. The first-order chi connectivity index (χ1) is 9.59. The van der Waals surface area contributed by atoms with E-state index < -0.39 is 0 Å². The van der Waals surface area contributed by atoms with Gasteiger partial charge in [0.2, 0.25) is 5.91 Å². The molecule has 1 fully saturated rings. The summed E-state index contributed by atoms with van der Waals surface area (Å²) in [5.74, 6) is 0.113. The van der Waals surface area contributed by atoms with Crippen molar-refractivity contribution in [3.63, 3.8) is 0 Å². The highest BCUT2D eigenvalue weighted by Gasteiger charge is 2.25. The lowest BCUT2D eigenvalue weighted by molar-refractivity contribution is -0.124. The molecule has 0 saturated carbocycles. The summed E-state index contributed by atoms with van der Waals surface area (Å²) in [4.78, 5) is 14.2. The highest BCUT2D eigenvalue weighted by molar-refractivity contribution is 6.31. The van der Waals surface area contributed by atoms with Gasteiger partial charge < -0.3 is 5.32 Å². The minimum Gasteiger partial charge on any atom is -0.354 e. The van der Waals surface area contributed by atoms with Gasteiger partial charge in [0.05, 0.1) is 6.04 Å². The van der Waals surface area contributed by atoms with Crippen LogP contribution in [0.2, 0.25) is 5.02 Å². The molecule has 1 aliphatic heterocycles. The Labute approximate surface area is 126 Å². The van der Waals surface area contributed by atoms with Crippen molar-refractivity contribution in [3.8, 4) is 0 Å². The van der Waals surface area contributed by atoms with E-state index in [0.717, 1.165) is 23.7 Å². The number of nitrogens with one attached hydrogen (secondary N) is 1. The Kier molecular flexibility index (Phi) is 5.44. The van der Waals surface area contributed by atoms with Gasteiger partial charge in [0.1, 0.15) is 0 Å². The summed E-state index contributed by atoms with van der Waals surface area (Å²) in [6.07, 6.45) is 2.44. The first kappa shape index (κ1) is 15.3. The quantitative estimate of drug-likeness (QED) is 0.904. The van der Waals surface area contributed by atoms with Gasteiger partial charge >= 0.3 is 0 Å². The number of nitrogens with zero attached hydrogens (tertiary/aromatic N) is 1. The van der Waals surface area contributed by atoms with E-state index >= 15 is 0 Å². The Balaban J connectivity index is 2.13. The van der Waals surface area contributed by atoms with Gasteiger partial charge in [0.25, 0.3) is 0 Å². The molecule has 1 aromatic rings. The zero-order valence-corrected chi connectivity index (χ0v) is 13.0. The van der Waals surface area contributed by atoms with E-state index in [0.29, 0.717) is 6.54 Å². The molecule has 0 aromatic heterocycles. The number of carbonyl (C=O) groups excluding carboxylic acids is 1. The summed E-state index contributed by atoms with van der Waals surface area (Å²) in [5, 5.41) is 3.83. The van der Waals surface area contributed by atoms with Crippen LogP contribution in [0.4, 0.5) is 0 Å². The Bertz CT molecular complexity index is 456. The highest BCUT2D eigenvalue weighted by atomic mass is 35.5. The summed E-state index contributed by atoms with van der Waals surface area (Å²) < 4.78 is 0. The first-order valence-electron chi connectivity index (χ1n) is 7.35. The number of rotatable bonds is 5.